The van der Waals surface area contributed by atoms with Crippen LogP contribution in [0.15, 0.2) is 77.7 Å². The number of halogens is 1. The Bertz CT molecular complexity index is 1380. The molecular weight excluding hydrogens is 516 g/mol. The van der Waals surface area contributed by atoms with E-state index in [0.717, 1.165) is 14.8 Å². The van der Waals surface area contributed by atoms with Crippen LogP contribution in [0.1, 0.15) is 18.9 Å². The summed E-state index contributed by atoms with van der Waals surface area (Å²) in [6.45, 7) is 2.32. The predicted molar refractivity (Wildman–Crippen MR) is 141 cm³/mol. The van der Waals surface area contributed by atoms with E-state index >= 15 is 0 Å². The number of hydrogen-bond acceptors (Lipinski definition) is 6. The Morgan fingerprint density at radius 1 is 1.00 bits per heavy atom. The Labute approximate surface area is 221 Å². The second-order valence-electron chi connectivity index (χ2n) is 8.39. The van der Waals surface area contributed by atoms with Crippen LogP contribution in [-0.4, -0.2) is 50.8 Å². The number of benzene rings is 3. The summed E-state index contributed by atoms with van der Waals surface area (Å²) in [6.07, 6.45) is 0.0357. The van der Waals surface area contributed by atoms with Crippen molar-refractivity contribution in [3.63, 3.8) is 0 Å². The molecular formula is C27H27ClN2O6S. The Kier molecular flexibility index (Phi) is 8.16. The zero-order chi connectivity index (χ0) is 26.6. The SMILES string of the molecule is CCOc1ccc(N2C(=O)CC(N(CCc3cccc(Cl)c3)S(=O)(=O)c3ccc(OC)cc3)C2=O)cc1. The highest BCUT2D eigenvalue weighted by atomic mass is 35.5. The highest BCUT2D eigenvalue weighted by Gasteiger charge is 2.46. The number of imide groups is 1. The van der Waals surface area contributed by atoms with Crippen LogP contribution in [0.3, 0.4) is 0 Å². The van der Waals surface area contributed by atoms with Crippen LogP contribution in [-0.2, 0) is 26.0 Å². The number of amides is 2. The number of rotatable bonds is 10. The lowest BCUT2D eigenvalue weighted by atomic mass is 10.1. The summed E-state index contributed by atoms with van der Waals surface area (Å²) in [5.74, 6) is 0.0273. The van der Waals surface area contributed by atoms with Crippen molar-refractivity contribution in [3.8, 4) is 11.5 Å². The number of anilines is 1. The van der Waals surface area contributed by atoms with Crippen LogP contribution in [0, 0.1) is 0 Å². The third-order valence-corrected chi connectivity index (χ3v) is 8.21. The van der Waals surface area contributed by atoms with E-state index < -0.39 is 27.9 Å². The molecule has 1 unspecified atom stereocenters. The number of sulfonamides is 1. The first-order chi connectivity index (χ1) is 17.7. The molecule has 194 valence electrons. The molecule has 1 saturated heterocycles. The molecule has 0 aliphatic carbocycles. The average Bonchev–Trinajstić information content (AvgIpc) is 3.18. The summed E-state index contributed by atoms with van der Waals surface area (Å²) >= 11 is 6.10. The van der Waals surface area contributed by atoms with Gasteiger partial charge in [0.25, 0.3) is 5.91 Å². The monoisotopic (exact) mass is 542 g/mol. The second-order valence-corrected chi connectivity index (χ2v) is 10.7. The molecule has 1 aliphatic rings. The molecule has 0 radical (unpaired) electrons. The smallest absolute Gasteiger partial charge is 0.252 e. The fourth-order valence-electron chi connectivity index (χ4n) is 4.23. The predicted octanol–water partition coefficient (Wildman–Crippen LogP) is 4.31. The highest BCUT2D eigenvalue weighted by Crippen LogP contribution is 2.31. The van der Waals surface area contributed by atoms with E-state index in [1.807, 2.05) is 13.0 Å². The summed E-state index contributed by atoms with van der Waals surface area (Å²) in [6, 6.07) is 18.4. The molecule has 8 nitrogen and oxygen atoms in total. The number of ether oxygens (including phenoxy) is 2. The van der Waals surface area contributed by atoms with E-state index in [1.165, 1.54) is 31.4 Å². The van der Waals surface area contributed by atoms with E-state index in [2.05, 4.69) is 0 Å². The van der Waals surface area contributed by atoms with E-state index in [-0.39, 0.29) is 17.9 Å². The van der Waals surface area contributed by atoms with Gasteiger partial charge in [-0.05, 0) is 79.6 Å². The molecule has 37 heavy (non-hydrogen) atoms. The Balaban J connectivity index is 1.67. The second kappa shape index (κ2) is 11.3. The summed E-state index contributed by atoms with van der Waals surface area (Å²) in [7, 11) is -2.66. The molecule has 1 fully saturated rings. The zero-order valence-electron chi connectivity index (χ0n) is 20.5. The highest BCUT2D eigenvalue weighted by molar-refractivity contribution is 7.89. The lowest BCUT2D eigenvalue weighted by molar-refractivity contribution is -0.122. The quantitative estimate of drug-likeness (QED) is 0.354. The molecule has 0 saturated carbocycles. The van der Waals surface area contributed by atoms with Gasteiger partial charge in [0, 0.05) is 11.6 Å². The fourth-order valence-corrected chi connectivity index (χ4v) is 6.02. The van der Waals surface area contributed by atoms with E-state index in [9.17, 15) is 18.0 Å². The Morgan fingerprint density at radius 2 is 1.68 bits per heavy atom. The lowest BCUT2D eigenvalue weighted by Gasteiger charge is -2.27. The number of nitrogens with zero attached hydrogens (tertiary/aromatic N) is 2. The van der Waals surface area contributed by atoms with E-state index in [1.54, 1.807) is 42.5 Å². The number of methoxy groups -OCH3 is 1. The van der Waals surface area contributed by atoms with Crippen LogP contribution in [0.4, 0.5) is 5.69 Å². The molecule has 1 atom stereocenters. The van der Waals surface area contributed by atoms with Crippen molar-refractivity contribution in [2.75, 3.05) is 25.2 Å². The van der Waals surface area contributed by atoms with Crippen LogP contribution < -0.4 is 14.4 Å². The van der Waals surface area contributed by atoms with E-state index in [4.69, 9.17) is 21.1 Å². The molecule has 0 bridgehead atoms. The largest absolute Gasteiger partial charge is 0.497 e. The summed E-state index contributed by atoms with van der Waals surface area (Å²) < 4.78 is 39.3. The molecule has 1 aliphatic heterocycles. The molecule has 3 aromatic rings. The van der Waals surface area contributed by atoms with Crippen LogP contribution >= 0.6 is 11.6 Å². The van der Waals surface area contributed by atoms with Crippen molar-refractivity contribution in [2.24, 2.45) is 0 Å². The van der Waals surface area contributed by atoms with Crippen molar-refractivity contribution in [1.29, 1.82) is 0 Å². The maximum Gasteiger partial charge on any atom is 0.252 e. The van der Waals surface area contributed by atoms with Crippen molar-refractivity contribution in [3.05, 3.63) is 83.4 Å². The third kappa shape index (κ3) is 5.79. The lowest BCUT2D eigenvalue weighted by Crippen LogP contribution is -2.46. The molecule has 3 aromatic carbocycles. The molecule has 10 heteroatoms. The van der Waals surface area contributed by atoms with Gasteiger partial charge in [-0.2, -0.15) is 4.31 Å². The number of carbonyl (C=O) groups is 2. The minimum Gasteiger partial charge on any atom is -0.497 e. The van der Waals surface area contributed by atoms with Gasteiger partial charge in [0.2, 0.25) is 15.9 Å². The molecule has 0 spiro atoms. The van der Waals surface area contributed by atoms with Gasteiger partial charge < -0.3 is 9.47 Å². The minimum absolute atomic E-state index is 0.000777. The van der Waals surface area contributed by atoms with Gasteiger partial charge in [0.15, 0.2) is 0 Å². The zero-order valence-corrected chi connectivity index (χ0v) is 22.0. The van der Waals surface area contributed by atoms with Gasteiger partial charge in [0.1, 0.15) is 17.5 Å². The summed E-state index contributed by atoms with van der Waals surface area (Å²) in [5, 5.41) is 0.524. The first-order valence-electron chi connectivity index (χ1n) is 11.7. The third-order valence-electron chi connectivity index (χ3n) is 6.05. The van der Waals surface area contributed by atoms with Crippen LogP contribution in [0.25, 0.3) is 0 Å². The minimum atomic E-state index is -4.14. The van der Waals surface area contributed by atoms with Crippen molar-refractivity contribution < 1.29 is 27.5 Å². The molecule has 2 amide bonds. The topological polar surface area (TPSA) is 93.2 Å². The average molecular weight is 543 g/mol. The number of hydrogen-bond donors (Lipinski definition) is 0. The van der Waals surface area contributed by atoms with Crippen LogP contribution in [0.2, 0.25) is 5.02 Å². The molecule has 4 rings (SSSR count). The first kappa shape index (κ1) is 26.7. The molecule has 0 N–H and O–H groups in total. The van der Waals surface area contributed by atoms with Gasteiger partial charge in [-0.15, -0.1) is 0 Å². The first-order valence-corrected chi connectivity index (χ1v) is 13.6. The van der Waals surface area contributed by atoms with Crippen LogP contribution in [0.5, 0.6) is 11.5 Å². The number of carbonyl (C=O) groups excluding carboxylic acids is 2. The molecule has 0 aromatic heterocycles. The van der Waals surface area contributed by atoms with Gasteiger partial charge in [-0.25, -0.2) is 13.3 Å². The fraction of sp³-hybridized carbons (Fsp3) is 0.259. The van der Waals surface area contributed by atoms with Gasteiger partial charge in [-0.3, -0.25) is 9.59 Å². The Hall–Kier alpha value is -3.40. The summed E-state index contributed by atoms with van der Waals surface area (Å²) in [4.78, 5) is 27.6. The Morgan fingerprint density at radius 3 is 2.30 bits per heavy atom. The van der Waals surface area contributed by atoms with Crippen molar-refractivity contribution in [2.45, 2.75) is 30.7 Å². The summed E-state index contributed by atoms with van der Waals surface area (Å²) in [5.41, 5.74) is 1.17. The van der Waals surface area contributed by atoms with Gasteiger partial charge >= 0.3 is 0 Å². The van der Waals surface area contributed by atoms with E-state index in [0.29, 0.717) is 35.2 Å². The standard InChI is InChI=1S/C27H27ClN2O6S/c1-3-36-23-9-7-21(8-10-23)30-26(31)18-25(27(30)32)29(16-15-19-5-4-6-20(28)17-19)37(33,34)24-13-11-22(35-2)12-14-24/h4-14,17,25H,3,15-16,18H2,1-2H3. The van der Waals surface area contributed by atoms with Crippen molar-refractivity contribution in [1.82, 2.24) is 4.31 Å². The normalized spacial score (nSPS) is 15.9. The molecule has 1 heterocycles. The maximum absolute atomic E-state index is 13.8. The van der Waals surface area contributed by atoms with Crippen molar-refractivity contribution >= 4 is 39.1 Å². The van der Waals surface area contributed by atoms with Gasteiger partial charge in [0.05, 0.1) is 30.7 Å². The van der Waals surface area contributed by atoms with Gasteiger partial charge in [-0.1, -0.05) is 23.7 Å². The maximum atomic E-state index is 13.8.